The van der Waals surface area contributed by atoms with Crippen LogP contribution in [0.1, 0.15) is 45.4 Å². The highest BCUT2D eigenvalue weighted by Gasteiger charge is 2.26. The molecule has 2 aromatic rings. The van der Waals surface area contributed by atoms with Crippen molar-refractivity contribution in [3.05, 3.63) is 42.0 Å². The lowest BCUT2D eigenvalue weighted by Crippen LogP contribution is -2.40. The average molecular weight is 372 g/mol. The highest BCUT2D eigenvalue weighted by atomic mass is 16.6. The number of benzene rings is 1. The summed E-state index contributed by atoms with van der Waals surface area (Å²) in [5.41, 5.74) is 9.02. The number of hydrogen-bond acceptors (Lipinski definition) is 4. The summed E-state index contributed by atoms with van der Waals surface area (Å²) in [6.45, 7) is 9.21. The van der Waals surface area contributed by atoms with Crippen molar-refractivity contribution in [1.82, 2.24) is 9.55 Å². The molecule has 2 N–H and O–H groups in total. The van der Waals surface area contributed by atoms with Crippen LogP contribution in [-0.2, 0) is 16.0 Å². The molecule has 0 bridgehead atoms. The zero-order chi connectivity index (χ0) is 20.1. The molecular formula is C20H28N4O3. The number of nitrogens with zero attached hydrogens (tertiary/aromatic N) is 3. The Kier molecular flexibility index (Phi) is 6.60. The van der Waals surface area contributed by atoms with E-state index < -0.39 is 6.09 Å². The van der Waals surface area contributed by atoms with Crippen molar-refractivity contribution >= 4 is 17.7 Å². The summed E-state index contributed by atoms with van der Waals surface area (Å²) in [7, 11) is 0. The Morgan fingerprint density at radius 3 is 2.52 bits per heavy atom. The van der Waals surface area contributed by atoms with E-state index in [1.807, 2.05) is 35.0 Å². The van der Waals surface area contributed by atoms with Gasteiger partial charge in [-0.05, 0) is 64.3 Å². The van der Waals surface area contributed by atoms with Gasteiger partial charge in [0.15, 0.2) is 0 Å². The maximum atomic E-state index is 11.8. The monoisotopic (exact) mass is 372 g/mol. The van der Waals surface area contributed by atoms with Gasteiger partial charge in [-0.1, -0.05) is 0 Å². The second-order valence-corrected chi connectivity index (χ2v) is 7.00. The van der Waals surface area contributed by atoms with Crippen LogP contribution in [0.2, 0.25) is 0 Å². The van der Waals surface area contributed by atoms with Crippen LogP contribution >= 0.6 is 0 Å². The van der Waals surface area contributed by atoms with Gasteiger partial charge in [-0.2, -0.15) is 0 Å². The number of aromatic nitrogens is 2. The molecule has 0 spiro atoms. The number of fused-ring (bicyclic) bond motifs is 1. The van der Waals surface area contributed by atoms with Gasteiger partial charge in [-0.3, -0.25) is 4.79 Å². The number of ether oxygens (including phenoxy) is 1. The zero-order valence-electron chi connectivity index (χ0n) is 16.6. The molecule has 1 aromatic heterocycles. The lowest BCUT2D eigenvalue weighted by molar-refractivity contribution is -0.117. The van der Waals surface area contributed by atoms with Crippen molar-refractivity contribution < 1.29 is 14.3 Å². The quantitative estimate of drug-likeness (QED) is 0.875. The molecule has 0 saturated carbocycles. The highest BCUT2D eigenvalue weighted by Crippen LogP contribution is 2.32. The van der Waals surface area contributed by atoms with E-state index in [9.17, 15) is 9.59 Å². The number of imidazole rings is 1. The Bertz CT molecular complexity index is 813. The van der Waals surface area contributed by atoms with E-state index in [4.69, 9.17) is 0 Å². The standard InChI is InChI=1S/C16H19N3O.C4H9NO2/c1-11-9-18(10-17-11)15-6-7-16-14(8-15)5-4-12(2)19(16)13(3)20;1-3(2)7-4(5)6/h6-10,12H,4-5H2,1-3H3;3H,1-2H3,(H2,5,6)/t12-;/m0./s1. The molecule has 2 heterocycles. The number of rotatable bonds is 2. The first-order valence-corrected chi connectivity index (χ1v) is 9.08. The van der Waals surface area contributed by atoms with Gasteiger partial charge in [0.2, 0.25) is 5.91 Å². The van der Waals surface area contributed by atoms with E-state index in [0.717, 1.165) is 29.9 Å². The first-order chi connectivity index (χ1) is 12.7. The number of nitrogens with two attached hydrogens (primary N) is 1. The van der Waals surface area contributed by atoms with Crippen molar-refractivity contribution in [1.29, 1.82) is 0 Å². The van der Waals surface area contributed by atoms with Crippen molar-refractivity contribution in [3.63, 3.8) is 0 Å². The van der Waals surface area contributed by atoms with E-state index >= 15 is 0 Å². The van der Waals surface area contributed by atoms with Crippen molar-refractivity contribution in [2.24, 2.45) is 5.73 Å². The molecule has 1 atom stereocenters. The Morgan fingerprint density at radius 1 is 1.33 bits per heavy atom. The molecule has 0 aliphatic carbocycles. The minimum atomic E-state index is -0.713. The molecule has 1 aliphatic heterocycles. The van der Waals surface area contributed by atoms with Crippen molar-refractivity contribution in [2.75, 3.05) is 4.90 Å². The lowest BCUT2D eigenvalue weighted by atomic mass is 9.96. The third-order valence-electron chi connectivity index (χ3n) is 4.30. The van der Waals surface area contributed by atoms with E-state index in [1.165, 1.54) is 5.56 Å². The molecule has 1 aromatic carbocycles. The summed E-state index contributed by atoms with van der Waals surface area (Å²) in [5, 5.41) is 0. The predicted octanol–water partition coefficient (Wildman–Crippen LogP) is 3.36. The first kappa shape index (κ1) is 20.5. The van der Waals surface area contributed by atoms with Crippen molar-refractivity contribution in [2.45, 2.75) is 59.6 Å². The molecule has 7 heteroatoms. The van der Waals surface area contributed by atoms with Gasteiger partial charge in [0.25, 0.3) is 0 Å². The van der Waals surface area contributed by atoms with Gasteiger partial charge in [0.1, 0.15) is 0 Å². The van der Waals surface area contributed by atoms with E-state index in [2.05, 4.69) is 34.5 Å². The van der Waals surface area contributed by atoms with E-state index in [0.29, 0.717) is 0 Å². The SMILES string of the molecule is CC(=O)N1c2ccc(-n3cnc(C)c3)cc2CC[C@@H]1C.CC(C)OC(N)=O. The summed E-state index contributed by atoms with van der Waals surface area (Å²) < 4.78 is 6.41. The second kappa shape index (κ2) is 8.70. The lowest BCUT2D eigenvalue weighted by Gasteiger charge is -2.34. The van der Waals surface area contributed by atoms with Crippen LogP contribution in [0.5, 0.6) is 0 Å². The van der Waals surface area contributed by atoms with Gasteiger partial charge < -0.3 is 19.9 Å². The van der Waals surface area contributed by atoms with Gasteiger partial charge >= 0.3 is 6.09 Å². The van der Waals surface area contributed by atoms with Crippen LogP contribution < -0.4 is 10.6 Å². The Hall–Kier alpha value is -2.83. The predicted molar refractivity (Wildman–Crippen MR) is 105 cm³/mol. The number of primary amides is 1. The van der Waals surface area contributed by atoms with Crippen LogP contribution in [-0.4, -0.2) is 33.7 Å². The zero-order valence-corrected chi connectivity index (χ0v) is 16.6. The third-order valence-corrected chi connectivity index (χ3v) is 4.30. The highest BCUT2D eigenvalue weighted by molar-refractivity contribution is 5.93. The summed E-state index contributed by atoms with van der Waals surface area (Å²) >= 11 is 0. The minimum Gasteiger partial charge on any atom is -0.447 e. The number of aryl methyl sites for hydroxylation is 2. The van der Waals surface area contributed by atoms with Crippen LogP contribution in [0.4, 0.5) is 10.5 Å². The Balaban J connectivity index is 0.000000321. The second-order valence-electron chi connectivity index (χ2n) is 7.00. The topological polar surface area (TPSA) is 90.4 Å². The molecular weight excluding hydrogens is 344 g/mol. The number of carbonyl (C=O) groups is 2. The van der Waals surface area contributed by atoms with Crippen LogP contribution in [0.15, 0.2) is 30.7 Å². The molecule has 7 nitrogen and oxygen atoms in total. The molecule has 0 unspecified atom stereocenters. The first-order valence-electron chi connectivity index (χ1n) is 9.08. The normalized spacial score (nSPS) is 15.6. The number of hydrogen-bond donors (Lipinski definition) is 1. The molecule has 3 rings (SSSR count). The van der Waals surface area contributed by atoms with Gasteiger partial charge in [0.05, 0.1) is 18.1 Å². The molecule has 2 amide bonds. The largest absolute Gasteiger partial charge is 0.447 e. The fourth-order valence-electron chi connectivity index (χ4n) is 3.17. The van der Waals surface area contributed by atoms with Crippen molar-refractivity contribution in [3.8, 4) is 5.69 Å². The van der Waals surface area contributed by atoms with Gasteiger partial charge in [-0.25, -0.2) is 9.78 Å². The summed E-state index contributed by atoms with van der Waals surface area (Å²) in [6.07, 6.45) is 5.05. The number of anilines is 1. The Morgan fingerprint density at radius 2 is 2.04 bits per heavy atom. The Labute approximate surface area is 160 Å². The maximum absolute atomic E-state index is 11.8. The number of amides is 2. The van der Waals surface area contributed by atoms with Crippen LogP contribution in [0.3, 0.4) is 0 Å². The molecule has 0 radical (unpaired) electrons. The van der Waals surface area contributed by atoms with Crippen LogP contribution in [0, 0.1) is 6.92 Å². The van der Waals surface area contributed by atoms with Crippen LogP contribution in [0.25, 0.3) is 5.69 Å². The van der Waals surface area contributed by atoms with E-state index in [-0.39, 0.29) is 18.1 Å². The van der Waals surface area contributed by atoms with Gasteiger partial charge in [-0.15, -0.1) is 0 Å². The van der Waals surface area contributed by atoms with E-state index in [1.54, 1.807) is 20.8 Å². The molecule has 0 fully saturated rings. The summed E-state index contributed by atoms with van der Waals surface area (Å²) in [6, 6.07) is 6.55. The summed E-state index contributed by atoms with van der Waals surface area (Å²) in [5.74, 6) is 0.115. The summed E-state index contributed by atoms with van der Waals surface area (Å²) in [4.78, 5) is 27.8. The number of carbonyl (C=O) groups excluding carboxylic acids is 2. The fourth-order valence-corrected chi connectivity index (χ4v) is 3.17. The van der Waals surface area contributed by atoms with Gasteiger partial charge in [0, 0.05) is 30.5 Å². The molecule has 1 aliphatic rings. The minimum absolute atomic E-state index is 0.0995. The fraction of sp³-hybridized carbons (Fsp3) is 0.450. The molecule has 27 heavy (non-hydrogen) atoms. The maximum Gasteiger partial charge on any atom is 0.404 e. The third kappa shape index (κ3) is 5.32. The smallest absolute Gasteiger partial charge is 0.404 e. The molecule has 0 saturated heterocycles. The average Bonchev–Trinajstić information content (AvgIpc) is 2.99. The molecule has 146 valence electrons.